The van der Waals surface area contributed by atoms with Gasteiger partial charge in [-0.25, -0.2) is 9.97 Å². The summed E-state index contributed by atoms with van der Waals surface area (Å²) in [5.74, 6) is -3.80. The zero-order valence-electron chi connectivity index (χ0n) is 19.8. The lowest BCUT2D eigenvalue weighted by atomic mass is 10.0. The molecule has 35 heavy (non-hydrogen) atoms. The third-order valence-corrected chi connectivity index (χ3v) is 5.94. The van der Waals surface area contributed by atoms with Gasteiger partial charge in [0.15, 0.2) is 0 Å². The molecule has 0 spiro atoms. The van der Waals surface area contributed by atoms with Crippen molar-refractivity contribution in [2.75, 3.05) is 48.8 Å². The van der Waals surface area contributed by atoms with Crippen LogP contribution in [0.4, 0.5) is 31.8 Å². The van der Waals surface area contributed by atoms with E-state index >= 15 is 8.78 Å². The summed E-state index contributed by atoms with van der Waals surface area (Å²) in [7, 11) is 2.11. The molecule has 1 amide bonds. The molecule has 2 N–H and O–H groups in total. The Bertz CT molecular complexity index is 1210. The minimum Gasteiger partial charge on any atom is -0.369 e. The molecule has 0 radical (unpaired) electrons. The number of hydrogen-bond acceptors (Lipinski definition) is 6. The Hall–Kier alpha value is -3.85. The van der Waals surface area contributed by atoms with Crippen LogP contribution in [0.25, 0.3) is 0 Å². The van der Waals surface area contributed by atoms with Gasteiger partial charge in [-0.05, 0) is 62.0 Å². The van der Waals surface area contributed by atoms with E-state index < -0.39 is 17.5 Å². The molecule has 0 unspecified atom stereocenters. The SMILES string of the molecule is C=CC(=O)Nc1cccc(C(F)(F)c2nc(Nc3ccc(N4CCN(C)CC4)cc3)ncc2C)c1. The first kappa shape index (κ1) is 24.3. The highest BCUT2D eigenvalue weighted by Crippen LogP contribution is 2.37. The van der Waals surface area contributed by atoms with Gasteiger partial charge in [-0.1, -0.05) is 18.7 Å². The lowest BCUT2D eigenvalue weighted by Crippen LogP contribution is -2.44. The zero-order valence-corrected chi connectivity index (χ0v) is 19.8. The van der Waals surface area contributed by atoms with E-state index in [-0.39, 0.29) is 22.8 Å². The van der Waals surface area contributed by atoms with Gasteiger partial charge in [-0.3, -0.25) is 4.79 Å². The van der Waals surface area contributed by atoms with E-state index in [2.05, 4.69) is 44.0 Å². The lowest BCUT2D eigenvalue weighted by Gasteiger charge is -2.34. The van der Waals surface area contributed by atoms with E-state index in [0.29, 0.717) is 5.69 Å². The molecule has 0 aliphatic carbocycles. The quantitative estimate of drug-likeness (QED) is 0.486. The molecule has 0 bridgehead atoms. The summed E-state index contributed by atoms with van der Waals surface area (Å²) >= 11 is 0. The fraction of sp³-hybridized carbons (Fsp3) is 0.269. The first-order valence-electron chi connectivity index (χ1n) is 11.3. The monoisotopic (exact) mass is 478 g/mol. The number of carbonyl (C=O) groups excluding carboxylic acids is 1. The van der Waals surface area contributed by atoms with Crippen LogP contribution in [0.5, 0.6) is 0 Å². The third kappa shape index (κ3) is 5.63. The predicted molar refractivity (Wildman–Crippen MR) is 134 cm³/mol. The topological polar surface area (TPSA) is 73.4 Å². The van der Waals surface area contributed by atoms with Crippen LogP contribution in [0, 0.1) is 6.92 Å². The predicted octanol–water partition coefficient (Wildman–Crippen LogP) is 4.55. The summed E-state index contributed by atoms with van der Waals surface area (Å²) < 4.78 is 31.0. The van der Waals surface area contributed by atoms with Crippen molar-refractivity contribution in [3.05, 3.63) is 84.2 Å². The second-order valence-electron chi connectivity index (χ2n) is 8.54. The van der Waals surface area contributed by atoms with E-state index in [0.717, 1.165) is 37.9 Å². The Morgan fingerprint density at radius 3 is 2.49 bits per heavy atom. The van der Waals surface area contributed by atoms with Crippen molar-refractivity contribution in [2.45, 2.75) is 12.8 Å². The summed E-state index contributed by atoms with van der Waals surface area (Å²) in [4.78, 5) is 24.5. The number of rotatable bonds is 7. The summed E-state index contributed by atoms with van der Waals surface area (Å²) in [6.07, 6.45) is 2.45. The minimum atomic E-state index is -3.40. The second-order valence-corrected chi connectivity index (χ2v) is 8.54. The van der Waals surface area contributed by atoms with Crippen LogP contribution in [-0.4, -0.2) is 54.0 Å². The molecule has 9 heteroatoms. The smallest absolute Gasteiger partial charge is 0.315 e. The fourth-order valence-electron chi connectivity index (χ4n) is 3.89. The molecule has 1 aromatic heterocycles. The minimum absolute atomic E-state index is 0.0775. The third-order valence-electron chi connectivity index (χ3n) is 5.94. The largest absolute Gasteiger partial charge is 0.369 e. The number of anilines is 4. The van der Waals surface area contributed by atoms with Gasteiger partial charge in [0.2, 0.25) is 11.9 Å². The molecule has 0 atom stereocenters. The normalized spacial score (nSPS) is 14.5. The number of benzene rings is 2. The average Bonchev–Trinajstić information content (AvgIpc) is 2.86. The summed E-state index contributed by atoms with van der Waals surface area (Å²) in [6, 6.07) is 13.3. The van der Waals surface area contributed by atoms with E-state index in [1.807, 2.05) is 24.3 Å². The second kappa shape index (κ2) is 10.2. The van der Waals surface area contributed by atoms with Crippen molar-refractivity contribution in [3.8, 4) is 0 Å². The Morgan fingerprint density at radius 1 is 1.09 bits per heavy atom. The van der Waals surface area contributed by atoms with Gasteiger partial charge in [-0.15, -0.1) is 0 Å². The van der Waals surface area contributed by atoms with Crippen LogP contribution in [-0.2, 0) is 10.7 Å². The highest BCUT2D eigenvalue weighted by molar-refractivity contribution is 5.98. The molecular weight excluding hydrogens is 450 g/mol. The van der Waals surface area contributed by atoms with Gasteiger partial charge >= 0.3 is 5.92 Å². The highest BCUT2D eigenvalue weighted by atomic mass is 19.3. The van der Waals surface area contributed by atoms with Crippen molar-refractivity contribution in [2.24, 2.45) is 0 Å². The number of aromatic nitrogens is 2. The van der Waals surface area contributed by atoms with Crippen LogP contribution >= 0.6 is 0 Å². The number of carbonyl (C=O) groups is 1. The maximum atomic E-state index is 15.5. The van der Waals surface area contributed by atoms with Crippen LogP contribution in [0.2, 0.25) is 0 Å². The number of halogens is 2. The van der Waals surface area contributed by atoms with Gasteiger partial charge in [-0.2, -0.15) is 8.78 Å². The number of amides is 1. The maximum absolute atomic E-state index is 15.5. The van der Waals surface area contributed by atoms with Gasteiger partial charge < -0.3 is 20.4 Å². The number of aryl methyl sites for hydroxylation is 1. The van der Waals surface area contributed by atoms with Crippen molar-refractivity contribution < 1.29 is 13.6 Å². The van der Waals surface area contributed by atoms with Crippen LogP contribution in [0.15, 0.2) is 67.4 Å². The summed E-state index contributed by atoms with van der Waals surface area (Å²) in [6.45, 7) is 8.86. The van der Waals surface area contributed by atoms with Gasteiger partial charge in [0, 0.05) is 55.0 Å². The van der Waals surface area contributed by atoms with Crippen LogP contribution in [0.1, 0.15) is 16.8 Å². The van der Waals surface area contributed by atoms with Gasteiger partial charge in [0.25, 0.3) is 0 Å². The molecular formula is C26H28F2N6O. The van der Waals surface area contributed by atoms with E-state index in [1.165, 1.54) is 30.5 Å². The molecule has 2 aromatic carbocycles. The van der Waals surface area contributed by atoms with Crippen LogP contribution in [0.3, 0.4) is 0 Å². The molecule has 182 valence electrons. The molecule has 1 aliphatic heterocycles. The Labute approximate surface area is 203 Å². The average molecular weight is 479 g/mol. The number of hydrogen-bond donors (Lipinski definition) is 2. The molecule has 7 nitrogen and oxygen atoms in total. The number of piperazine rings is 1. The standard InChI is InChI=1S/C26H28F2N6O/c1-4-23(35)30-21-7-5-6-19(16-21)26(27,28)24-18(2)17-29-25(32-24)31-20-8-10-22(11-9-20)34-14-12-33(3)13-15-34/h4-11,16-17H,1,12-15H2,2-3H3,(H,30,35)(H,29,31,32). The molecule has 1 saturated heterocycles. The Morgan fingerprint density at radius 2 is 1.80 bits per heavy atom. The fourth-order valence-corrected chi connectivity index (χ4v) is 3.89. The van der Waals surface area contributed by atoms with E-state index in [1.54, 1.807) is 6.92 Å². The highest BCUT2D eigenvalue weighted by Gasteiger charge is 2.38. The van der Waals surface area contributed by atoms with Crippen molar-refractivity contribution in [1.82, 2.24) is 14.9 Å². The Balaban J connectivity index is 1.53. The summed E-state index contributed by atoms with van der Waals surface area (Å²) in [5.41, 5.74) is 1.63. The molecule has 1 fully saturated rings. The van der Waals surface area contributed by atoms with E-state index in [9.17, 15) is 4.79 Å². The molecule has 0 saturated carbocycles. The van der Waals surface area contributed by atoms with Crippen molar-refractivity contribution >= 4 is 28.9 Å². The van der Waals surface area contributed by atoms with Crippen LogP contribution < -0.4 is 15.5 Å². The molecule has 3 aromatic rings. The van der Waals surface area contributed by atoms with Gasteiger partial charge in [0.1, 0.15) is 5.69 Å². The first-order chi connectivity index (χ1) is 16.8. The number of alkyl halides is 2. The summed E-state index contributed by atoms with van der Waals surface area (Å²) in [5, 5.41) is 5.53. The molecule has 1 aliphatic rings. The molecule has 2 heterocycles. The first-order valence-corrected chi connectivity index (χ1v) is 11.3. The molecule has 4 rings (SSSR count). The maximum Gasteiger partial charge on any atom is 0.315 e. The van der Waals surface area contributed by atoms with Crippen molar-refractivity contribution in [3.63, 3.8) is 0 Å². The van der Waals surface area contributed by atoms with E-state index in [4.69, 9.17) is 0 Å². The Kier molecular flexibility index (Phi) is 7.07. The number of nitrogens with zero attached hydrogens (tertiary/aromatic N) is 4. The zero-order chi connectivity index (χ0) is 25.0. The van der Waals surface area contributed by atoms with Crippen molar-refractivity contribution in [1.29, 1.82) is 0 Å². The lowest BCUT2D eigenvalue weighted by molar-refractivity contribution is -0.111. The number of likely N-dealkylation sites (N-methyl/N-ethyl adjacent to an activating group) is 1. The van der Waals surface area contributed by atoms with Gasteiger partial charge in [0.05, 0.1) is 0 Å². The number of nitrogens with one attached hydrogen (secondary N) is 2.